The molecule has 6 heteroatoms. The first-order valence-corrected chi connectivity index (χ1v) is 7.45. The number of aryl methyl sites for hydroxylation is 1. The van der Waals surface area contributed by atoms with Crippen LogP contribution in [0.2, 0.25) is 0 Å². The Kier molecular flexibility index (Phi) is 3.24. The first-order valence-electron chi connectivity index (χ1n) is 5.63. The number of sulfone groups is 1. The van der Waals surface area contributed by atoms with Crippen molar-refractivity contribution >= 4 is 21.3 Å². The first kappa shape index (κ1) is 12.2. The molecule has 5 nitrogen and oxygen atoms in total. The lowest BCUT2D eigenvalue weighted by Gasteiger charge is -2.12. The van der Waals surface area contributed by atoms with Crippen molar-refractivity contribution in [1.82, 2.24) is 4.98 Å². The Hall–Kier alpha value is -1.30. The van der Waals surface area contributed by atoms with Crippen LogP contribution in [0.4, 0.5) is 11.5 Å². The van der Waals surface area contributed by atoms with E-state index in [0.29, 0.717) is 23.8 Å². The Morgan fingerprint density at radius 2 is 2.35 bits per heavy atom. The van der Waals surface area contributed by atoms with Crippen molar-refractivity contribution < 1.29 is 8.42 Å². The normalized spacial score (nSPS) is 22.5. The Balaban J connectivity index is 1.97. The molecule has 0 aliphatic carbocycles. The Morgan fingerprint density at radius 1 is 1.59 bits per heavy atom. The Bertz CT molecular complexity index is 513. The molecule has 0 aromatic carbocycles. The van der Waals surface area contributed by atoms with Crippen LogP contribution >= 0.6 is 0 Å². The van der Waals surface area contributed by atoms with E-state index in [1.54, 1.807) is 6.20 Å². The minimum absolute atomic E-state index is 0.168. The lowest BCUT2D eigenvalue weighted by Crippen LogP contribution is -2.17. The zero-order valence-corrected chi connectivity index (χ0v) is 10.6. The van der Waals surface area contributed by atoms with Crippen molar-refractivity contribution in [2.75, 3.05) is 29.1 Å². The maximum absolute atomic E-state index is 11.3. The van der Waals surface area contributed by atoms with Gasteiger partial charge in [-0.15, -0.1) is 0 Å². The van der Waals surface area contributed by atoms with Gasteiger partial charge in [0.15, 0.2) is 9.84 Å². The molecular formula is C11H17N3O2S. The van der Waals surface area contributed by atoms with Gasteiger partial charge in [0.2, 0.25) is 0 Å². The molecule has 0 amide bonds. The van der Waals surface area contributed by atoms with Crippen molar-refractivity contribution in [3.8, 4) is 0 Å². The number of nitrogens with one attached hydrogen (secondary N) is 1. The molecule has 0 saturated carbocycles. The van der Waals surface area contributed by atoms with Crippen LogP contribution in [-0.2, 0) is 9.84 Å². The molecule has 1 aliphatic heterocycles. The minimum Gasteiger partial charge on any atom is -0.396 e. The van der Waals surface area contributed by atoms with Crippen LogP contribution < -0.4 is 11.1 Å². The molecule has 1 aromatic rings. The summed E-state index contributed by atoms with van der Waals surface area (Å²) in [5, 5.41) is 3.13. The summed E-state index contributed by atoms with van der Waals surface area (Å²) in [6, 6.07) is 1.85. The first-order chi connectivity index (χ1) is 7.98. The van der Waals surface area contributed by atoms with Gasteiger partial charge in [-0.1, -0.05) is 0 Å². The van der Waals surface area contributed by atoms with Gasteiger partial charge in [-0.2, -0.15) is 0 Å². The lowest BCUT2D eigenvalue weighted by molar-refractivity contribution is 0.596. The number of nitrogen functional groups attached to an aromatic ring is 1. The highest BCUT2D eigenvalue weighted by atomic mass is 32.2. The SMILES string of the molecule is Cc1ccnc(NCC2CCS(=O)(=O)C2)c1N. The number of hydrogen-bond acceptors (Lipinski definition) is 5. The van der Waals surface area contributed by atoms with Crippen molar-refractivity contribution in [2.45, 2.75) is 13.3 Å². The molecule has 2 rings (SSSR count). The summed E-state index contributed by atoms with van der Waals surface area (Å²) < 4.78 is 22.6. The molecule has 0 radical (unpaired) electrons. The summed E-state index contributed by atoms with van der Waals surface area (Å²) in [4.78, 5) is 4.15. The van der Waals surface area contributed by atoms with E-state index in [1.807, 2.05) is 13.0 Å². The molecule has 0 spiro atoms. The Morgan fingerprint density at radius 3 is 3.00 bits per heavy atom. The van der Waals surface area contributed by atoms with Crippen molar-refractivity contribution in [2.24, 2.45) is 5.92 Å². The van der Waals surface area contributed by atoms with Gasteiger partial charge in [0, 0.05) is 12.7 Å². The lowest BCUT2D eigenvalue weighted by atomic mass is 10.1. The van der Waals surface area contributed by atoms with Gasteiger partial charge >= 0.3 is 0 Å². The molecule has 94 valence electrons. The minimum atomic E-state index is -2.81. The van der Waals surface area contributed by atoms with Crippen molar-refractivity contribution in [3.05, 3.63) is 17.8 Å². The monoisotopic (exact) mass is 255 g/mol. The summed E-state index contributed by atoms with van der Waals surface area (Å²) in [6.45, 7) is 2.53. The second-order valence-electron chi connectivity index (χ2n) is 4.54. The van der Waals surface area contributed by atoms with Gasteiger partial charge in [0.05, 0.1) is 17.2 Å². The number of pyridine rings is 1. The smallest absolute Gasteiger partial charge is 0.150 e. The molecule has 1 saturated heterocycles. The molecule has 1 aromatic heterocycles. The number of aromatic nitrogens is 1. The second kappa shape index (κ2) is 4.52. The molecule has 0 bridgehead atoms. The number of nitrogens with zero attached hydrogens (tertiary/aromatic N) is 1. The van der Waals surface area contributed by atoms with Crippen LogP contribution in [0.1, 0.15) is 12.0 Å². The molecule has 1 unspecified atom stereocenters. The van der Waals surface area contributed by atoms with E-state index in [0.717, 1.165) is 12.0 Å². The van der Waals surface area contributed by atoms with E-state index in [1.165, 1.54) is 0 Å². The van der Waals surface area contributed by atoms with Crippen molar-refractivity contribution in [1.29, 1.82) is 0 Å². The molecule has 1 aliphatic rings. The third-order valence-corrected chi connectivity index (χ3v) is 4.93. The summed E-state index contributed by atoms with van der Waals surface area (Å²) in [5.41, 5.74) is 7.48. The summed E-state index contributed by atoms with van der Waals surface area (Å²) in [5.74, 6) is 1.39. The fourth-order valence-corrected chi connectivity index (χ4v) is 3.85. The fraction of sp³-hybridized carbons (Fsp3) is 0.545. The standard InChI is InChI=1S/C11H17N3O2S/c1-8-2-4-13-11(10(8)12)14-6-9-3-5-17(15,16)7-9/h2,4,9H,3,5-7,12H2,1H3,(H,13,14). The fourth-order valence-electron chi connectivity index (χ4n) is 1.98. The number of anilines is 2. The molecular weight excluding hydrogens is 238 g/mol. The largest absolute Gasteiger partial charge is 0.396 e. The van der Waals surface area contributed by atoms with E-state index in [2.05, 4.69) is 10.3 Å². The van der Waals surface area contributed by atoms with E-state index >= 15 is 0 Å². The zero-order valence-electron chi connectivity index (χ0n) is 9.81. The highest BCUT2D eigenvalue weighted by Crippen LogP contribution is 2.22. The van der Waals surface area contributed by atoms with E-state index < -0.39 is 9.84 Å². The number of rotatable bonds is 3. The van der Waals surface area contributed by atoms with Crippen LogP contribution in [0, 0.1) is 12.8 Å². The third-order valence-electron chi connectivity index (χ3n) is 3.09. The molecule has 2 heterocycles. The van der Waals surface area contributed by atoms with Gasteiger partial charge in [-0.05, 0) is 30.9 Å². The second-order valence-corrected chi connectivity index (χ2v) is 6.77. The quantitative estimate of drug-likeness (QED) is 0.835. The van der Waals surface area contributed by atoms with Crippen LogP contribution in [0.15, 0.2) is 12.3 Å². The van der Waals surface area contributed by atoms with Gasteiger partial charge in [-0.25, -0.2) is 13.4 Å². The predicted molar refractivity (Wildman–Crippen MR) is 68.6 cm³/mol. The maximum atomic E-state index is 11.3. The van der Waals surface area contributed by atoms with Crippen molar-refractivity contribution in [3.63, 3.8) is 0 Å². The summed E-state index contributed by atoms with van der Waals surface area (Å²) in [6.07, 6.45) is 2.42. The molecule has 1 atom stereocenters. The van der Waals surface area contributed by atoms with Gasteiger partial charge in [-0.3, -0.25) is 0 Å². The predicted octanol–water partition coefficient (Wildman–Crippen LogP) is 0.819. The average Bonchev–Trinajstić information content (AvgIpc) is 2.61. The van der Waals surface area contributed by atoms with E-state index in [4.69, 9.17) is 5.73 Å². The number of hydrogen-bond donors (Lipinski definition) is 2. The van der Waals surface area contributed by atoms with E-state index in [9.17, 15) is 8.42 Å². The van der Waals surface area contributed by atoms with Gasteiger partial charge in [0.25, 0.3) is 0 Å². The highest BCUT2D eigenvalue weighted by molar-refractivity contribution is 7.91. The molecule has 1 fully saturated rings. The third kappa shape index (κ3) is 2.88. The number of nitrogens with two attached hydrogens (primary N) is 1. The van der Waals surface area contributed by atoms with E-state index in [-0.39, 0.29) is 11.7 Å². The maximum Gasteiger partial charge on any atom is 0.150 e. The topological polar surface area (TPSA) is 85.1 Å². The summed E-state index contributed by atoms with van der Waals surface area (Å²) in [7, 11) is -2.81. The van der Waals surface area contributed by atoms with Crippen LogP contribution in [0.25, 0.3) is 0 Å². The van der Waals surface area contributed by atoms with Crippen LogP contribution in [0.5, 0.6) is 0 Å². The van der Waals surface area contributed by atoms with Crippen LogP contribution in [0.3, 0.4) is 0 Å². The summed E-state index contributed by atoms with van der Waals surface area (Å²) >= 11 is 0. The zero-order chi connectivity index (χ0) is 12.5. The van der Waals surface area contributed by atoms with Crippen LogP contribution in [-0.4, -0.2) is 31.5 Å². The molecule has 3 N–H and O–H groups in total. The highest BCUT2D eigenvalue weighted by Gasteiger charge is 2.27. The van der Waals surface area contributed by atoms with Gasteiger partial charge in [0.1, 0.15) is 5.82 Å². The molecule has 17 heavy (non-hydrogen) atoms. The average molecular weight is 255 g/mol. The van der Waals surface area contributed by atoms with Gasteiger partial charge < -0.3 is 11.1 Å². The Labute approximate surface area is 101 Å².